The molecule has 0 spiro atoms. The molecule has 0 unspecified atom stereocenters. The zero-order chi connectivity index (χ0) is 15.4. The molecule has 0 saturated carbocycles. The Morgan fingerprint density at radius 2 is 1.76 bits per heavy atom. The van der Waals surface area contributed by atoms with Crippen LogP contribution in [0.4, 0.5) is 5.82 Å². The van der Waals surface area contributed by atoms with Gasteiger partial charge >= 0.3 is 0 Å². The number of nitrogens with two attached hydrogens (primary N) is 1. The summed E-state index contributed by atoms with van der Waals surface area (Å²) in [6.07, 6.45) is 4.25. The monoisotopic (exact) mass is 291 g/mol. The molecule has 118 valence electrons. The standard InChI is InChI=1S/C16H29N5/c1-5-13-14(11-17)16(19-18-15(13)6-2)21-9-7-12(8-10-21)20(3)4/h12H,5-11,17H2,1-4H3. The maximum absolute atomic E-state index is 6.03. The van der Waals surface area contributed by atoms with E-state index in [-0.39, 0.29) is 0 Å². The van der Waals surface area contributed by atoms with Crippen LogP contribution >= 0.6 is 0 Å². The maximum Gasteiger partial charge on any atom is 0.156 e. The summed E-state index contributed by atoms with van der Waals surface area (Å²) in [5.74, 6) is 1.02. The SMILES string of the molecule is CCc1nnc(N2CCC(N(C)C)CC2)c(CN)c1CC. The van der Waals surface area contributed by atoms with Crippen molar-refractivity contribution in [2.45, 2.75) is 52.1 Å². The number of piperidine rings is 1. The first-order chi connectivity index (χ1) is 10.1. The van der Waals surface area contributed by atoms with Crippen LogP contribution < -0.4 is 10.6 Å². The lowest BCUT2D eigenvalue weighted by Crippen LogP contribution is -2.43. The van der Waals surface area contributed by atoms with Crippen LogP contribution in [0.2, 0.25) is 0 Å². The molecule has 0 bridgehead atoms. The Bertz CT molecular complexity index is 464. The Labute approximate surface area is 128 Å². The topological polar surface area (TPSA) is 58.3 Å². The molecule has 5 heteroatoms. The number of hydrogen-bond donors (Lipinski definition) is 1. The van der Waals surface area contributed by atoms with Crippen molar-refractivity contribution < 1.29 is 0 Å². The van der Waals surface area contributed by atoms with Crippen LogP contribution in [0, 0.1) is 0 Å². The number of nitrogens with zero attached hydrogens (tertiary/aromatic N) is 4. The number of rotatable bonds is 5. The predicted octanol–water partition coefficient (Wildman–Crippen LogP) is 1.59. The highest BCUT2D eigenvalue weighted by molar-refractivity contribution is 5.51. The van der Waals surface area contributed by atoms with E-state index >= 15 is 0 Å². The van der Waals surface area contributed by atoms with Crippen molar-refractivity contribution in [1.29, 1.82) is 0 Å². The normalized spacial score (nSPS) is 16.8. The summed E-state index contributed by atoms with van der Waals surface area (Å²) in [7, 11) is 4.33. The number of hydrogen-bond acceptors (Lipinski definition) is 5. The van der Waals surface area contributed by atoms with Crippen LogP contribution in [-0.4, -0.2) is 48.3 Å². The number of anilines is 1. The van der Waals surface area contributed by atoms with E-state index in [9.17, 15) is 0 Å². The van der Waals surface area contributed by atoms with Gasteiger partial charge < -0.3 is 15.5 Å². The molecule has 1 aliphatic rings. The van der Waals surface area contributed by atoms with E-state index in [1.807, 2.05) is 0 Å². The molecule has 0 aliphatic carbocycles. The Kier molecular flexibility index (Phi) is 5.53. The lowest BCUT2D eigenvalue weighted by Gasteiger charge is -2.36. The van der Waals surface area contributed by atoms with E-state index in [1.54, 1.807) is 0 Å². The number of aromatic nitrogens is 2. The molecule has 21 heavy (non-hydrogen) atoms. The van der Waals surface area contributed by atoms with Crippen LogP contribution in [0.3, 0.4) is 0 Å². The van der Waals surface area contributed by atoms with Crippen LogP contribution in [0.15, 0.2) is 0 Å². The van der Waals surface area contributed by atoms with Gasteiger partial charge in [0.2, 0.25) is 0 Å². The fourth-order valence-electron chi connectivity index (χ4n) is 3.30. The Morgan fingerprint density at radius 3 is 2.24 bits per heavy atom. The molecule has 0 aromatic carbocycles. The summed E-state index contributed by atoms with van der Waals surface area (Å²) in [5, 5.41) is 8.95. The largest absolute Gasteiger partial charge is 0.355 e. The molecule has 2 rings (SSSR count). The molecule has 1 aromatic heterocycles. The van der Waals surface area contributed by atoms with Crippen molar-refractivity contribution in [1.82, 2.24) is 15.1 Å². The van der Waals surface area contributed by atoms with Crippen LogP contribution in [0.5, 0.6) is 0 Å². The fraction of sp³-hybridized carbons (Fsp3) is 0.750. The summed E-state index contributed by atoms with van der Waals surface area (Å²) in [6.45, 7) is 6.94. The Hall–Kier alpha value is -1.20. The van der Waals surface area contributed by atoms with Crippen molar-refractivity contribution >= 4 is 5.82 Å². The van der Waals surface area contributed by atoms with Gasteiger partial charge in [-0.2, -0.15) is 5.10 Å². The predicted molar refractivity (Wildman–Crippen MR) is 87.6 cm³/mol. The molecular weight excluding hydrogens is 262 g/mol. The van der Waals surface area contributed by atoms with Gasteiger partial charge in [0.05, 0.1) is 5.69 Å². The van der Waals surface area contributed by atoms with Crippen molar-refractivity contribution in [3.63, 3.8) is 0 Å². The van der Waals surface area contributed by atoms with E-state index in [0.29, 0.717) is 12.6 Å². The average Bonchev–Trinajstić information content (AvgIpc) is 2.53. The molecule has 0 atom stereocenters. The molecule has 5 nitrogen and oxygen atoms in total. The summed E-state index contributed by atoms with van der Waals surface area (Å²) in [6, 6.07) is 0.677. The van der Waals surface area contributed by atoms with E-state index in [0.717, 1.165) is 37.4 Å². The molecule has 2 N–H and O–H groups in total. The summed E-state index contributed by atoms with van der Waals surface area (Å²) in [5.41, 5.74) is 9.64. The molecule has 0 radical (unpaired) electrons. The van der Waals surface area contributed by atoms with Crippen molar-refractivity contribution in [3.8, 4) is 0 Å². The van der Waals surface area contributed by atoms with Gasteiger partial charge in [0.25, 0.3) is 0 Å². The third-order valence-electron chi connectivity index (χ3n) is 4.63. The zero-order valence-electron chi connectivity index (χ0n) is 13.9. The zero-order valence-corrected chi connectivity index (χ0v) is 13.9. The van der Waals surface area contributed by atoms with Gasteiger partial charge in [0, 0.05) is 31.2 Å². The lowest BCUT2D eigenvalue weighted by atomic mass is 10.00. The molecule has 1 saturated heterocycles. The molecule has 0 amide bonds. The number of aryl methyl sites for hydroxylation is 1. The van der Waals surface area contributed by atoms with Gasteiger partial charge in [-0.05, 0) is 45.3 Å². The van der Waals surface area contributed by atoms with Crippen LogP contribution in [0.25, 0.3) is 0 Å². The van der Waals surface area contributed by atoms with Gasteiger partial charge in [0.15, 0.2) is 5.82 Å². The molecule has 1 fully saturated rings. The smallest absolute Gasteiger partial charge is 0.156 e. The molecular formula is C16H29N5. The first kappa shape index (κ1) is 16.2. The highest BCUT2D eigenvalue weighted by Crippen LogP contribution is 2.26. The minimum absolute atomic E-state index is 0.550. The van der Waals surface area contributed by atoms with E-state index in [1.165, 1.54) is 24.0 Å². The summed E-state index contributed by atoms with van der Waals surface area (Å²) < 4.78 is 0. The van der Waals surface area contributed by atoms with Gasteiger partial charge in [-0.1, -0.05) is 13.8 Å². The van der Waals surface area contributed by atoms with Gasteiger partial charge in [-0.15, -0.1) is 5.10 Å². The molecule has 2 heterocycles. The lowest BCUT2D eigenvalue weighted by molar-refractivity contribution is 0.249. The highest BCUT2D eigenvalue weighted by atomic mass is 15.3. The molecule has 1 aliphatic heterocycles. The second kappa shape index (κ2) is 7.18. The highest BCUT2D eigenvalue weighted by Gasteiger charge is 2.24. The van der Waals surface area contributed by atoms with Gasteiger partial charge in [0.1, 0.15) is 0 Å². The summed E-state index contributed by atoms with van der Waals surface area (Å²) in [4.78, 5) is 4.69. The first-order valence-electron chi connectivity index (χ1n) is 8.11. The van der Waals surface area contributed by atoms with E-state index in [4.69, 9.17) is 5.73 Å². The average molecular weight is 291 g/mol. The fourth-order valence-corrected chi connectivity index (χ4v) is 3.30. The van der Waals surface area contributed by atoms with Crippen molar-refractivity contribution in [2.24, 2.45) is 5.73 Å². The van der Waals surface area contributed by atoms with Gasteiger partial charge in [-0.3, -0.25) is 0 Å². The quantitative estimate of drug-likeness (QED) is 0.893. The third-order valence-corrected chi connectivity index (χ3v) is 4.63. The first-order valence-corrected chi connectivity index (χ1v) is 8.11. The van der Waals surface area contributed by atoms with E-state index in [2.05, 4.69) is 47.9 Å². The van der Waals surface area contributed by atoms with Crippen LogP contribution in [0.1, 0.15) is 43.5 Å². The molecule has 1 aromatic rings. The Morgan fingerprint density at radius 1 is 1.10 bits per heavy atom. The summed E-state index contributed by atoms with van der Waals surface area (Å²) >= 11 is 0. The maximum atomic E-state index is 6.03. The minimum atomic E-state index is 0.550. The minimum Gasteiger partial charge on any atom is -0.355 e. The van der Waals surface area contributed by atoms with Crippen molar-refractivity contribution in [3.05, 3.63) is 16.8 Å². The Balaban J connectivity index is 2.24. The van der Waals surface area contributed by atoms with Gasteiger partial charge in [-0.25, -0.2) is 0 Å². The van der Waals surface area contributed by atoms with Crippen LogP contribution in [-0.2, 0) is 19.4 Å². The second-order valence-corrected chi connectivity index (χ2v) is 6.02. The third kappa shape index (κ3) is 3.35. The second-order valence-electron chi connectivity index (χ2n) is 6.02. The van der Waals surface area contributed by atoms with Crippen molar-refractivity contribution in [2.75, 3.05) is 32.1 Å². The van der Waals surface area contributed by atoms with E-state index < -0.39 is 0 Å².